The van der Waals surface area contributed by atoms with Gasteiger partial charge in [-0.15, -0.1) is 0 Å². The van der Waals surface area contributed by atoms with Crippen molar-refractivity contribution in [2.75, 3.05) is 11.9 Å². The molecule has 4 rings (SSSR count). The highest BCUT2D eigenvalue weighted by Gasteiger charge is 2.34. The number of rotatable bonds is 5. The quantitative estimate of drug-likeness (QED) is 0.398. The first-order valence-electron chi connectivity index (χ1n) is 11.0. The largest absolute Gasteiger partial charge is 0.419 e. The summed E-state index contributed by atoms with van der Waals surface area (Å²) in [6, 6.07) is 9.02. The molecule has 0 aromatic heterocycles. The van der Waals surface area contributed by atoms with E-state index in [0.717, 1.165) is 22.5 Å². The molecule has 0 spiro atoms. The Labute approximate surface area is 214 Å². The Kier molecular flexibility index (Phi) is 7.33. The van der Waals surface area contributed by atoms with E-state index in [1.54, 1.807) is 19.1 Å². The number of benzene rings is 3. The van der Waals surface area contributed by atoms with Crippen LogP contribution in [0.1, 0.15) is 27.8 Å². The van der Waals surface area contributed by atoms with Gasteiger partial charge in [0.1, 0.15) is 16.5 Å². The van der Waals surface area contributed by atoms with Crippen molar-refractivity contribution in [3.8, 4) is 0 Å². The Morgan fingerprint density at radius 1 is 1.05 bits per heavy atom. The van der Waals surface area contributed by atoms with Gasteiger partial charge in [-0.1, -0.05) is 29.8 Å². The minimum absolute atomic E-state index is 0.0217. The maximum Gasteiger partial charge on any atom is 0.419 e. The topological polar surface area (TPSA) is 66.5 Å². The molecule has 0 aliphatic carbocycles. The second kappa shape index (κ2) is 10.0. The molecule has 1 aliphatic heterocycles. The number of amides is 1. The number of fused-ring (bicyclic) bond motifs is 1. The number of nitrogens with one attached hydrogen (secondary N) is 1. The molecule has 1 heterocycles. The fourth-order valence-electron chi connectivity index (χ4n) is 4.22. The minimum Gasteiger partial charge on any atom is -0.325 e. The predicted molar refractivity (Wildman–Crippen MR) is 128 cm³/mol. The van der Waals surface area contributed by atoms with Crippen LogP contribution < -0.4 is 5.32 Å². The number of nitrogens with zero attached hydrogens (tertiary/aromatic N) is 1. The summed E-state index contributed by atoms with van der Waals surface area (Å²) < 4.78 is 93.8. The molecule has 0 saturated heterocycles. The summed E-state index contributed by atoms with van der Waals surface area (Å²) in [5.74, 6) is -3.01. The highest BCUT2D eigenvalue weighted by Crippen LogP contribution is 2.34. The summed E-state index contributed by atoms with van der Waals surface area (Å²) in [6.07, 6.45) is -4.99. The molecule has 3 aromatic carbocycles. The van der Waals surface area contributed by atoms with Crippen LogP contribution >= 0.6 is 11.6 Å². The van der Waals surface area contributed by atoms with Crippen molar-refractivity contribution < 1.29 is 35.2 Å². The van der Waals surface area contributed by atoms with Gasteiger partial charge in [0.25, 0.3) is 0 Å². The Hall–Kier alpha value is -3.02. The number of carbonyl (C=O) groups is 1. The molecule has 1 aliphatic rings. The van der Waals surface area contributed by atoms with E-state index in [4.69, 9.17) is 11.6 Å². The standard InChI is InChI=1S/C25H20ClF5N2O3S/c1-14-2-4-16-13-33(37(35,36)22-7-5-17(26)12-21(22)28)9-8-18(16)24(14)32-23(34)11-15-3-6-19(20(27)10-15)25(29,30)31/h2-7,10,12H,8-9,11,13H2,1H3,(H,32,34). The number of aryl methyl sites for hydroxylation is 1. The van der Waals surface area contributed by atoms with E-state index >= 15 is 0 Å². The van der Waals surface area contributed by atoms with Crippen molar-refractivity contribution in [2.45, 2.75) is 37.4 Å². The van der Waals surface area contributed by atoms with Gasteiger partial charge in [-0.2, -0.15) is 17.5 Å². The van der Waals surface area contributed by atoms with E-state index in [1.807, 2.05) is 0 Å². The van der Waals surface area contributed by atoms with Crippen LogP contribution in [-0.2, 0) is 40.4 Å². The molecule has 1 N–H and O–H groups in total. The summed E-state index contributed by atoms with van der Waals surface area (Å²) in [5.41, 5.74) is 1.08. The number of alkyl halides is 3. The molecule has 196 valence electrons. The molecule has 0 atom stereocenters. The zero-order valence-corrected chi connectivity index (χ0v) is 20.9. The lowest BCUT2D eigenvalue weighted by Gasteiger charge is -2.30. The van der Waals surface area contributed by atoms with Gasteiger partial charge in [-0.05, 0) is 65.9 Å². The predicted octanol–water partition coefficient (Wildman–Crippen LogP) is 5.87. The number of anilines is 1. The smallest absolute Gasteiger partial charge is 0.325 e. The fourth-order valence-corrected chi connectivity index (χ4v) is 5.84. The number of sulfonamides is 1. The lowest BCUT2D eigenvalue weighted by Crippen LogP contribution is -2.37. The Morgan fingerprint density at radius 2 is 1.78 bits per heavy atom. The molecule has 12 heteroatoms. The molecule has 0 bridgehead atoms. The van der Waals surface area contributed by atoms with E-state index in [9.17, 15) is 35.2 Å². The first-order chi connectivity index (χ1) is 17.3. The highest BCUT2D eigenvalue weighted by atomic mass is 35.5. The monoisotopic (exact) mass is 558 g/mol. The van der Waals surface area contributed by atoms with Gasteiger partial charge >= 0.3 is 6.18 Å². The van der Waals surface area contributed by atoms with Crippen molar-refractivity contribution in [1.82, 2.24) is 4.31 Å². The maximum absolute atomic E-state index is 14.3. The molecule has 0 saturated carbocycles. The molecule has 1 amide bonds. The lowest BCUT2D eigenvalue weighted by atomic mass is 9.95. The van der Waals surface area contributed by atoms with Crippen LogP contribution in [0.4, 0.5) is 27.6 Å². The summed E-state index contributed by atoms with van der Waals surface area (Å²) in [6.45, 7) is 1.70. The van der Waals surface area contributed by atoms with E-state index in [0.29, 0.717) is 34.5 Å². The molecular formula is C25H20ClF5N2O3S. The van der Waals surface area contributed by atoms with Crippen LogP contribution in [0.15, 0.2) is 53.4 Å². The third kappa shape index (κ3) is 5.63. The molecule has 3 aromatic rings. The third-order valence-electron chi connectivity index (χ3n) is 6.06. The Bertz CT molecular complexity index is 1490. The van der Waals surface area contributed by atoms with Crippen molar-refractivity contribution in [3.63, 3.8) is 0 Å². The van der Waals surface area contributed by atoms with Crippen LogP contribution in [-0.4, -0.2) is 25.2 Å². The zero-order valence-electron chi connectivity index (χ0n) is 19.3. The second-order valence-electron chi connectivity index (χ2n) is 8.60. The minimum atomic E-state index is -4.84. The van der Waals surface area contributed by atoms with E-state index in [1.165, 1.54) is 6.07 Å². The van der Waals surface area contributed by atoms with Gasteiger partial charge in [0, 0.05) is 23.8 Å². The van der Waals surface area contributed by atoms with Crippen LogP contribution in [0.2, 0.25) is 5.02 Å². The van der Waals surface area contributed by atoms with Gasteiger partial charge in [0.15, 0.2) is 0 Å². The van der Waals surface area contributed by atoms with Gasteiger partial charge in [-0.25, -0.2) is 17.2 Å². The van der Waals surface area contributed by atoms with Gasteiger partial charge in [0.05, 0.1) is 12.0 Å². The number of hydrogen-bond donors (Lipinski definition) is 1. The van der Waals surface area contributed by atoms with E-state index < -0.39 is 44.2 Å². The normalized spacial score (nSPS) is 14.4. The van der Waals surface area contributed by atoms with E-state index in [2.05, 4.69) is 5.32 Å². The zero-order chi connectivity index (χ0) is 27.1. The molecule has 5 nitrogen and oxygen atoms in total. The maximum atomic E-state index is 14.3. The Balaban J connectivity index is 1.54. The molecule has 0 radical (unpaired) electrons. The average molecular weight is 559 g/mol. The summed E-state index contributed by atoms with van der Waals surface area (Å²) in [5, 5.41) is 2.79. The third-order valence-corrected chi connectivity index (χ3v) is 8.17. The molecular weight excluding hydrogens is 539 g/mol. The Morgan fingerprint density at radius 3 is 2.43 bits per heavy atom. The summed E-state index contributed by atoms with van der Waals surface area (Å²) >= 11 is 5.73. The van der Waals surface area contributed by atoms with Crippen molar-refractivity contribution in [2.24, 2.45) is 0 Å². The number of hydrogen-bond acceptors (Lipinski definition) is 3. The van der Waals surface area contributed by atoms with Crippen molar-refractivity contribution in [3.05, 3.63) is 93.0 Å². The summed E-state index contributed by atoms with van der Waals surface area (Å²) in [4.78, 5) is 12.2. The van der Waals surface area contributed by atoms with Crippen molar-refractivity contribution >= 4 is 33.2 Å². The van der Waals surface area contributed by atoms with Crippen LogP contribution in [0.3, 0.4) is 0 Å². The van der Waals surface area contributed by atoms with Gasteiger partial charge < -0.3 is 5.32 Å². The second-order valence-corrected chi connectivity index (χ2v) is 10.9. The highest BCUT2D eigenvalue weighted by molar-refractivity contribution is 7.89. The first-order valence-corrected chi connectivity index (χ1v) is 12.8. The average Bonchev–Trinajstić information content (AvgIpc) is 2.79. The van der Waals surface area contributed by atoms with Crippen molar-refractivity contribution in [1.29, 1.82) is 0 Å². The first kappa shape index (κ1) is 27.0. The molecule has 0 fully saturated rings. The van der Waals surface area contributed by atoms with Crippen LogP contribution in [0.5, 0.6) is 0 Å². The SMILES string of the molecule is Cc1ccc2c(c1NC(=O)Cc1ccc(C(F)(F)F)c(F)c1)CCN(S(=O)(=O)c1ccc(Cl)cc1F)C2. The number of halogens is 6. The molecule has 0 unspecified atom stereocenters. The van der Waals surface area contributed by atoms with Crippen LogP contribution in [0, 0.1) is 18.6 Å². The summed E-state index contributed by atoms with van der Waals surface area (Å²) in [7, 11) is -4.16. The van der Waals surface area contributed by atoms with E-state index in [-0.39, 0.29) is 36.5 Å². The van der Waals surface area contributed by atoms with Crippen LogP contribution in [0.25, 0.3) is 0 Å². The van der Waals surface area contributed by atoms with Gasteiger partial charge in [0.2, 0.25) is 15.9 Å². The number of carbonyl (C=O) groups excluding carboxylic acids is 1. The van der Waals surface area contributed by atoms with Gasteiger partial charge in [-0.3, -0.25) is 4.79 Å². The fraction of sp³-hybridized carbons (Fsp3) is 0.240. The lowest BCUT2D eigenvalue weighted by molar-refractivity contribution is -0.140. The molecule has 37 heavy (non-hydrogen) atoms.